The molecule has 0 aliphatic rings. The predicted octanol–water partition coefficient (Wildman–Crippen LogP) is 5.54. The molecular formula is C9H15Br6O3Sb. The van der Waals surface area contributed by atoms with Crippen molar-refractivity contribution in [3.05, 3.63) is 0 Å². The first kappa shape index (κ1) is 22.6. The van der Waals surface area contributed by atoms with Crippen LogP contribution in [0.25, 0.3) is 0 Å². The van der Waals surface area contributed by atoms with Gasteiger partial charge >= 0.3 is 176 Å². The average molecular weight is 772 g/mol. The summed E-state index contributed by atoms with van der Waals surface area (Å²) in [5, 5.41) is 0. The summed E-state index contributed by atoms with van der Waals surface area (Å²) in [4.78, 5) is 0. The van der Waals surface area contributed by atoms with Gasteiger partial charge in [0, 0.05) is 0 Å². The van der Waals surface area contributed by atoms with Crippen LogP contribution in [-0.2, 0) is 9.05 Å². The Labute approximate surface area is 174 Å². The Balaban J connectivity index is 3.85. The summed E-state index contributed by atoms with van der Waals surface area (Å²) < 4.78 is 18.0. The van der Waals surface area contributed by atoms with Gasteiger partial charge in [0.2, 0.25) is 0 Å². The van der Waals surface area contributed by atoms with E-state index in [4.69, 9.17) is 9.05 Å². The average Bonchev–Trinajstić information content (AvgIpc) is 2.26. The summed E-state index contributed by atoms with van der Waals surface area (Å²) in [5.41, 5.74) is 0. The second-order valence-electron chi connectivity index (χ2n) is 3.26. The molecule has 0 radical (unpaired) electrons. The first-order valence-corrected chi connectivity index (χ1v) is 14.1. The van der Waals surface area contributed by atoms with Gasteiger partial charge in [-0.25, -0.2) is 0 Å². The Kier molecular flexibility index (Phi) is 18.0. The molecule has 0 aliphatic heterocycles. The third kappa shape index (κ3) is 17.8. The quantitative estimate of drug-likeness (QED) is 0.193. The van der Waals surface area contributed by atoms with Gasteiger partial charge in [-0.3, -0.25) is 0 Å². The van der Waals surface area contributed by atoms with Gasteiger partial charge in [-0.2, -0.15) is 0 Å². The number of hydrogen-bond donors (Lipinski definition) is 0. The van der Waals surface area contributed by atoms with Gasteiger partial charge in [-0.05, 0) is 0 Å². The molecule has 0 atom stereocenters. The molecule has 0 saturated carbocycles. The minimum atomic E-state index is -2.49. The topological polar surface area (TPSA) is 27.7 Å². The van der Waals surface area contributed by atoms with Crippen molar-refractivity contribution in [2.75, 3.05) is 19.8 Å². The molecule has 0 bridgehead atoms. The molecule has 3 nitrogen and oxygen atoms in total. The van der Waals surface area contributed by atoms with Crippen LogP contribution in [0.15, 0.2) is 0 Å². The van der Waals surface area contributed by atoms with Gasteiger partial charge in [-0.15, -0.1) is 0 Å². The molecule has 0 N–H and O–H groups in total. The molecule has 116 valence electrons. The molecule has 0 rings (SSSR count). The van der Waals surface area contributed by atoms with E-state index in [2.05, 4.69) is 95.6 Å². The van der Waals surface area contributed by atoms with Crippen molar-refractivity contribution in [1.82, 2.24) is 0 Å². The van der Waals surface area contributed by atoms with Gasteiger partial charge < -0.3 is 0 Å². The van der Waals surface area contributed by atoms with Crippen molar-refractivity contribution in [2.45, 2.75) is 30.5 Å². The molecule has 0 amide bonds. The van der Waals surface area contributed by atoms with Gasteiger partial charge in [0.1, 0.15) is 0 Å². The maximum absolute atomic E-state index is 5.73. The monoisotopic (exact) mass is 766 g/mol. The molecule has 0 spiro atoms. The Morgan fingerprint density at radius 3 is 1.05 bits per heavy atom. The van der Waals surface area contributed by atoms with Crippen LogP contribution in [0.4, 0.5) is 0 Å². The van der Waals surface area contributed by atoms with E-state index >= 15 is 0 Å². The first-order chi connectivity index (χ1) is 8.91. The fourth-order valence-corrected chi connectivity index (χ4v) is 4.70. The van der Waals surface area contributed by atoms with Crippen LogP contribution in [0.1, 0.15) is 19.3 Å². The third-order valence-corrected chi connectivity index (χ3v) is 7.71. The van der Waals surface area contributed by atoms with Crippen molar-refractivity contribution in [1.29, 1.82) is 0 Å². The second kappa shape index (κ2) is 15.1. The van der Waals surface area contributed by atoms with Crippen LogP contribution in [0.3, 0.4) is 0 Å². The number of hydrogen-bond acceptors (Lipinski definition) is 3. The maximum atomic E-state index is 5.73. The molecule has 0 aromatic heterocycles. The summed E-state index contributed by atoms with van der Waals surface area (Å²) in [6, 6.07) is 0. The van der Waals surface area contributed by atoms with E-state index in [-0.39, 0.29) is 11.2 Å². The Hall–Kier alpha value is 3.58. The van der Waals surface area contributed by atoms with Crippen molar-refractivity contribution in [3.8, 4) is 0 Å². The fraction of sp³-hybridized carbons (Fsp3) is 1.00. The molecule has 0 saturated heterocycles. The van der Waals surface area contributed by atoms with Crippen LogP contribution < -0.4 is 0 Å². The Morgan fingerprint density at radius 2 is 0.842 bits per heavy atom. The van der Waals surface area contributed by atoms with E-state index < -0.39 is 21.5 Å². The molecule has 0 unspecified atom stereocenters. The summed E-state index contributed by atoms with van der Waals surface area (Å²) in [5.74, 6) is 0. The van der Waals surface area contributed by atoms with Crippen LogP contribution >= 0.6 is 95.6 Å². The summed E-state index contributed by atoms with van der Waals surface area (Å²) >= 11 is 18.0. The summed E-state index contributed by atoms with van der Waals surface area (Å²) in [6.45, 7) is 1.92. The van der Waals surface area contributed by atoms with Crippen LogP contribution in [0.5, 0.6) is 0 Å². The van der Waals surface area contributed by atoms with E-state index in [1.807, 2.05) is 0 Å². The number of alkyl halides is 6. The van der Waals surface area contributed by atoms with E-state index in [1.165, 1.54) is 0 Å². The molecular weight excluding hydrogens is 757 g/mol. The van der Waals surface area contributed by atoms with E-state index in [1.54, 1.807) is 0 Å². The predicted molar refractivity (Wildman–Crippen MR) is 102 cm³/mol. The Morgan fingerprint density at radius 1 is 0.579 bits per heavy atom. The molecule has 19 heavy (non-hydrogen) atoms. The molecule has 0 fully saturated rings. The minimum absolute atomic E-state index is 0.270. The van der Waals surface area contributed by atoms with Crippen molar-refractivity contribution in [2.24, 2.45) is 0 Å². The van der Waals surface area contributed by atoms with E-state index in [9.17, 15) is 0 Å². The van der Waals surface area contributed by atoms with Crippen molar-refractivity contribution >= 4 is 117 Å². The first-order valence-electron chi connectivity index (χ1n) is 5.45. The standard InChI is InChI=1S/3C3H5Br2O.Sb/c3*4-3(5)1-2-6;/h3*3H,1-2H2;/q3*-1;+3. The Bertz CT molecular complexity index is 177. The fourth-order valence-electron chi connectivity index (χ4n) is 0.761. The van der Waals surface area contributed by atoms with E-state index in [0.717, 1.165) is 19.3 Å². The molecule has 0 aromatic carbocycles. The zero-order chi connectivity index (χ0) is 14.7. The van der Waals surface area contributed by atoms with Crippen molar-refractivity contribution < 1.29 is 9.05 Å². The number of halogens is 6. The zero-order valence-electron chi connectivity index (χ0n) is 9.91. The van der Waals surface area contributed by atoms with Crippen LogP contribution in [-0.4, -0.2) is 52.5 Å². The van der Waals surface area contributed by atoms with Gasteiger partial charge in [0.25, 0.3) is 0 Å². The van der Waals surface area contributed by atoms with Crippen molar-refractivity contribution in [3.63, 3.8) is 0 Å². The van der Waals surface area contributed by atoms with Crippen LogP contribution in [0.2, 0.25) is 0 Å². The van der Waals surface area contributed by atoms with E-state index in [0.29, 0.717) is 19.8 Å². The zero-order valence-corrected chi connectivity index (χ0v) is 22.0. The summed E-state index contributed by atoms with van der Waals surface area (Å²) in [7, 11) is 0. The summed E-state index contributed by atoms with van der Waals surface area (Å²) in [6.07, 6.45) is 2.64. The number of rotatable bonds is 12. The third-order valence-electron chi connectivity index (χ3n) is 1.60. The van der Waals surface area contributed by atoms with Gasteiger partial charge in [0.15, 0.2) is 0 Å². The second-order valence-corrected chi connectivity index (χ2v) is 17.1. The molecule has 10 heteroatoms. The van der Waals surface area contributed by atoms with Gasteiger partial charge in [-0.1, -0.05) is 0 Å². The van der Waals surface area contributed by atoms with Crippen LogP contribution in [0, 0.1) is 0 Å². The normalized spacial score (nSPS) is 12.3. The van der Waals surface area contributed by atoms with Gasteiger partial charge in [0.05, 0.1) is 0 Å². The molecule has 0 aliphatic carbocycles. The molecule has 0 heterocycles. The molecule has 0 aromatic rings. The SMILES string of the molecule is BrC(Br)CC[O][Sb]([O]CCC(Br)Br)[O]CCC(Br)Br.